The Labute approximate surface area is 211 Å². The lowest BCUT2D eigenvalue weighted by atomic mass is 9.91. The van der Waals surface area contributed by atoms with Gasteiger partial charge in [0, 0.05) is 10.9 Å². The van der Waals surface area contributed by atoms with Crippen LogP contribution < -0.4 is 10.1 Å². The Kier molecular flexibility index (Phi) is 4.68. The van der Waals surface area contributed by atoms with Crippen LogP contribution in [0.5, 0.6) is 11.6 Å². The van der Waals surface area contributed by atoms with Gasteiger partial charge in [-0.15, -0.1) is 0 Å². The third-order valence-electron chi connectivity index (χ3n) is 6.69. The average Bonchev–Trinajstić information content (AvgIpc) is 3.31. The van der Waals surface area contributed by atoms with Crippen LogP contribution in [0, 0.1) is 0 Å². The number of benzene rings is 3. The van der Waals surface area contributed by atoms with E-state index in [9.17, 15) is 14.7 Å². The topological polar surface area (TPSA) is 92.9 Å². The number of aromatic nitrogens is 1. The number of aliphatic imine (C=N–C) groups is 1. The summed E-state index contributed by atoms with van der Waals surface area (Å²) in [5.41, 5.74) is 2.62. The molecule has 1 amide bonds. The minimum atomic E-state index is -0.574. The highest BCUT2D eigenvalue weighted by Gasteiger charge is 2.37. The molecule has 0 fully saturated rings. The van der Waals surface area contributed by atoms with E-state index in [2.05, 4.69) is 10.3 Å². The third-order valence-corrected chi connectivity index (χ3v) is 6.88. The maximum atomic E-state index is 13.3. The summed E-state index contributed by atoms with van der Waals surface area (Å²) in [6.07, 6.45) is 2.02. The second-order valence-electron chi connectivity index (χ2n) is 9.52. The normalized spacial score (nSPS) is 16.2. The minimum absolute atomic E-state index is 0.0279. The Morgan fingerprint density at radius 3 is 2.61 bits per heavy atom. The van der Waals surface area contributed by atoms with Gasteiger partial charge >= 0.3 is 5.97 Å². The zero-order chi connectivity index (χ0) is 25.4. The number of allylic oxidation sites excluding steroid dienone is 2. The molecule has 7 nitrogen and oxygen atoms in total. The molecule has 0 saturated carbocycles. The second kappa shape index (κ2) is 7.60. The molecule has 2 aliphatic heterocycles. The Morgan fingerprint density at radius 1 is 1.11 bits per heavy atom. The highest BCUT2D eigenvalue weighted by Crippen LogP contribution is 2.46. The minimum Gasteiger partial charge on any atom is -0.494 e. The largest absolute Gasteiger partial charge is 0.494 e. The molecule has 2 aliphatic rings. The molecule has 8 heteroatoms. The van der Waals surface area contributed by atoms with Crippen LogP contribution in [0.15, 0.2) is 65.7 Å². The lowest BCUT2D eigenvalue weighted by molar-refractivity contribution is -0.113. The van der Waals surface area contributed by atoms with Gasteiger partial charge in [-0.05, 0) is 67.5 Å². The third kappa shape index (κ3) is 3.18. The van der Waals surface area contributed by atoms with Crippen molar-refractivity contribution in [2.24, 2.45) is 4.99 Å². The van der Waals surface area contributed by atoms with Gasteiger partial charge in [0.1, 0.15) is 11.5 Å². The molecule has 0 spiro atoms. The lowest BCUT2D eigenvalue weighted by Gasteiger charge is -2.31. The van der Waals surface area contributed by atoms with Gasteiger partial charge in [0.15, 0.2) is 0 Å². The summed E-state index contributed by atoms with van der Waals surface area (Å²) < 4.78 is 7.65. The smallest absolute Gasteiger partial charge is 0.344 e. The van der Waals surface area contributed by atoms with Crippen LogP contribution in [0.1, 0.15) is 42.3 Å². The second-order valence-corrected chi connectivity index (χ2v) is 9.90. The molecule has 0 radical (unpaired) electrons. The number of ether oxygens (including phenoxy) is 1. The van der Waals surface area contributed by atoms with Crippen molar-refractivity contribution in [2.75, 3.05) is 0 Å². The van der Waals surface area contributed by atoms with Crippen LogP contribution in [-0.2, 0) is 10.3 Å². The molecule has 0 atom stereocenters. The predicted molar refractivity (Wildman–Crippen MR) is 143 cm³/mol. The Balaban J connectivity index is 1.56. The monoisotopic (exact) mass is 495 g/mol. The van der Waals surface area contributed by atoms with Gasteiger partial charge in [-0.25, -0.2) is 9.79 Å². The molecular weight excluding hydrogens is 474 g/mol. The Bertz CT molecular complexity index is 1740. The van der Waals surface area contributed by atoms with E-state index in [0.717, 1.165) is 27.4 Å². The van der Waals surface area contributed by atoms with Crippen LogP contribution in [0.25, 0.3) is 27.2 Å². The first-order chi connectivity index (χ1) is 17.2. The number of hydrogen-bond donors (Lipinski definition) is 2. The summed E-state index contributed by atoms with van der Waals surface area (Å²) in [5.74, 6) is -0.798. The van der Waals surface area contributed by atoms with Crippen LogP contribution >= 0.6 is 12.2 Å². The summed E-state index contributed by atoms with van der Waals surface area (Å²) in [6.45, 7) is 5.91. The van der Waals surface area contributed by atoms with Crippen molar-refractivity contribution in [3.05, 3.63) is 77.4 Å². The first-order valence-electron chi connectivity index (χ1n) is 11.4. The summed E-state index contributed by atoms with van der Waals surface area (Å²) in [4.78, 5) is 30.1. The molecule has 2 N–H and O–H groups in total. The van der Waals surface area contributed by atoms with Crippen molar-refractivity contribution in [2.45, 2.75) is 26.3 Å². The molecule has 1 aromatic heterocycles. The fourth-order valence-corrected chi connectivity index (χ4v) is 5.46. The maximum Gasteiger partial charge on any atom is 0.344 e. The number of thiocarbonyl (C=S) groups is 1. The van der Waals surface area contributed by atoms with E-state index in [-0.39, 0.29) is 22.3 Å². The van der Waals surface area contributed by atoms with Crippen molar-refractivity contribution < 1.29 is 19.4 Å². The molecule has 3 aromatic carbocycles. The number of carbonyl (C=O) groups excluding carboxylic acids is 2. The molecule has 6 rings (SSSR count). The quantitative estimate of drug-likeness (QED) is 0.235. The highest BCUT2D eigenvalue weighted by molar-refractivity contribution is 7.80. The number of carbonyl (C=O) groups is 2. The van der Waals surface area contributed by atoms with Crippen molar-refractivity contribution in [1.29, 1.82) is 0 Å². The Morgan fingerprint density at radius 2 is 1.86 bits per heavy atom. The predicted octanol–water partition coefficient (Wildman–Crippen LogP) is 5.08. The van der Waals surface area contributed by atoms with Crippen molar-refractivity contribution in [1.82, 2.24) is 9.88 Å². The maximum absolute atomic E-state index is 13.3. The molecule has 0 aliphatic carbocycles. The van der Waals surface area contributed by atoms with E-state index in [0.29, 0.717) is 16.7 Å². The SMILES string of the molecule is CC1=CC(C)(C)n2c(O)c(C3=NC(=S)NC3=O)c3cc(OC(=O)c4cccc5ccccc45)cc1c32. The van der Waals surface area contributed by atoms with Gasteiger partial charge in [-0.3, -0.25) is 10.1 Å². The van der Waals surface area contributed by atoms with Crippen molar-refractivity contribution in [3.8, 4) is 11.6 Å². The average molecular weight is 496 g/mol. The fraction of sp³-hybridized carbons (Fsp3) is 0.143. The van der Waals surface area contributed by atoms with Crippen LogP contribution in [-0.4, -0.2) is 32.4 Å². The molecule has 0 saturated heterocycles. The van der Waals surface area contributed by atoms with E-state index < -0.39 is 17.4 Å². The number of fused-ring (bicyclic) bond motifs is 1. The van der Waals surface area contributed by atoms with Crippen LogP contribution in [0.3, 0.4) is 0 Å². The Hall–Kier alpha value is -4.30. The number of nitrogens with zero attached hydrogens (tertiary/aromatic N) is 2. The number of esters is 1. The first-order valence-corrected chi connectivity index (χ1v) is 11.8. The summed E-state index contributed by atoms with van der Waals surface area (Å²) in [7, 11) is 0. The van der Waals surface area contributed by atoms with Gasteiger partial charge in [0.05, 0.1) is 22.2 Å². The number of nitrogens with one attached hydrogen (secondary N) is 1. The molecule has 0 unspecified atom stereocenters. The summed E-state index contributed by atoms with van der Waals surface area (Å²) in [5, 5.41) is 16.2. The number of hydrogen-bond acceptors (Lipinski definition) is 5. The van der Waals surface area contributed by atoms with Gasteiger partial charge < -0.3 is 14.4 Å². The fourth-order valence-electron chi connectivity index (χ4n) is 5.28. The molecule has 4 aromatic rings. The van der Waals surface area contributed by atoms with E-state index in [4.69, 9.17) is 17.0 Å². The standard InChI is InChI=1S/C28H21N3O4S/c1-14-13-28(2,3)31-23-19(14)11-16(12-20(23)21(25(31)33)22-24(32)30-27(36)29-22)35-26(34)18-10-6-8-15-7-4-5-9-17(15)18/h4-13,33H,1-3H3,(H,30,32,36). The molecule has 36 heavy (non-hydrogen) atoms. The molecule has 0 bridgehead atoms. The van der Waals surface area contributed by atoms with Crippen molar-refractivity contribution in [3.63, 3.8) is 0 Å². The summed E-state index contributed by atoms with van der Waals surface area (Å²) in [6, 6.07) is 16.5. The van der Waals surface area contributed by atoms with Gasteiger partial charge in [0.2, 0.25) is 11.0 Å². The van der Waals surface area contributed by atoms with E-state index in [1.165, 1.54) is 0 Å². The molecule has 3 heterocycles. The lowest BCUT2D eigenvalue weighted by Crippen LogP contribution is -2.27. The zero-order valence-electron chi connectivity index (χ0n) is 19.7. The van der Waals surface area contributed by atoms with E-state index in [1.807, 2.05) is 63.2 Å². The van der Waals surface area contributed by atoms with Gasteiger partial charge in [-0.2, -0.15) is 0 Å². The van der Waals surface area contributed by atoms with Crippen LogP contribution in [0.2, 0.25) is 0 Å². The number of rotatable bonds is 3. The summed E-state index contributed by atoms with van der Waals surface area (Å²) >= 11 is 5.06. The zero-order valence-corrected chi connectivity index (χ0v) is 20.6. The van der Waals surface area contributed by atoms with E-state index >= 15 is 0 Å². The molecular formula is C28H21N3O4S. The van der Waals surface area contributed by atoms with Crippen LogP contribution in [0.4, 0.5) is 0 Å². The molecule has 178 valence electrons. The number of aromatic hydroxyl groups is 1. The van der Waals surface area contributed by atoms with Crippen molar-refractivity contribution >= 4 is 62.2 Å². The van der Waals surface area contributed by atoms with Gasteiger partial charge in [-0.1, -0.05) is 42.5 Å². The van der Waals surface area contributed by atoms with Gasteiger partial charge in [0.25, 0.3) is 5.91 Å². The first kappa shape index (κ1) is 22.2. The highest BCUT2D eigenvalue weighted by atomic mass is 32.1. The van der Waals surface area contributed by atoms with E-state index in [1.54, 1.807) is 22.8 Å². The number of amides is 1.